The number of nitrogens with one attached hydrogen (secondary N) is 1. The van der Waals surface area contributed by atoms with Gasteiger partial charge in [-0.1, -0.05) is 23.7 Å². The monoisotopic (exact) mass is 259 g/mol. The molecule has 88 valence electrons. The van der Waals surface area contributed by atoms with Gasteiger partial charge in [0.25, 0.3) is 0 Å². The number of halogens is 2. The molecule has 0 fully saturated rings. The molecule has 0 saturated carbocycles. The predicted molar refractivity (Wildman–Crippen MR) is 68.1 cm³/mol. The first-order valence-corrected chi connectivity index (χ1v) is 5.95. The van der Waals surface area contributed by atoms with Gasteiger partial charge < -0.3 is 5.32 Å². The van der Waals surface area contributed by atoms with Gasteiger partial charge in [0.2, 0.25) is 5.91 Å². The molecule has 1 rings (SSSR count). The number of hydrogen-bond donors (Lipinski definition) is 1. The van der Waals surface area contributed by atoms with E-state index in [1.54, 1.807) is 0 Å². The fourth-order valence-corrected chi connectivity index (χ4v) is 1.76. The lowest BCUT2D eigenvalue weighted by molar-refractivity contribution is -0.120. The van der Waals surface area contributed by atoms with Crippen LogP contribution in [0.2, 0.25) is 5.02 Å². The summed E-state index contributed by atoms with van der Waals surface area (Å²) in [4.78, 5) is 11.2. The second kappa shape index (κ2) is 5.55. The Balaban J connectivity index is 2.64. The van der Waals surface area contributed by atoms with Gasteiger partial charge in [-0.2, -0.15) is 0 Å². The summed E-state index contributed by atoms with van der Waals surface area (Å²) >= 11 is 11.3. The first kappa shape index (κ1) is 13.3. The summed E-state index contributed by atoms with van der Waals surface area (Å²) in [5.74, 6) is -0.162. The number of hydrogen-bond acceptors (Lipinski definition) is 1. The maximum atomic E-state index is 11.2. The Bertz CT molecular complexity index is 360. The normalized spacial score (nSPS) is 11.2. The summed E-state index contributed by atoms with van der Waals surface area (Å²) in [6.07, 6.45) is 0.743. The molecular weight excluding hydrogens is 245 g/mol. The molecular formula is C12H15Cl2NO. The molecule has 16 heavy (non-hydrogen) atoms. The highest BCUT2D eigenvalue weighted by molar-refractivity contribution is 6.30. The third kappa shape index (κ3) is 4.42. The lowest BCUT2D eigenvalue weighted by Crippen LogP contribution is -2.45. The van der Waals surface area contributed by atoms with Crippen LogP contribution in [0.15, 0.2) is 24.3 Å². The number of carbonyl (C=O) groups excluding carboxylic acids is 1. The second-order valence-corrected chi connectivity index (χ2v) is 5.07. The van der Waals surface area contributed by atoms with E-state index in [0.29, 0.717) is 5.02 Å². The summed E-state index contributed by atoms with van der Waals surface area (Å²) in [5, 5.41) is 3.58. The van der Waals surface area contributed by atoms with Crippen molar-refractivity contribution in [1.29, 1.82) is 0 Å². The van der Waals surface area contributed by atoms with E-state index < -0.39 is 0 Å². The molecule has 1 aromatic carbocycles. The van der Waals surface area contributed by atoms with Gasteiger partial charge in [-0.05, 0) is 38.0 Å². The first-order chi connectivity index (χ1) is 7.43. The van der Waals surface area contributed by atoms with E-state index in [1.165, 1.54) is 0 Å². The summed E-state index contributed by atoms with van der Waals surface area (Å²) in [6.45, 7) is 3.93. The van der Waals surface area contributed by atoms with Gasteiger partial charge in [-0.3, -0.25) is 4.79 Å². The van der Waals surface area contributed by atoms with Crippen LogP contribution in [0.3, 0.4) is 0 Å². The van der Waals surface area contributed by atoms with E-state index in [0.717, 1.165) is 12.0 Å². The molecule has 0 unspecified atom stereocenters. The lowest BCUT2D eigenvalue weighted by Gasteiger charge is -2.26. The van der Waals surface area contributed by atoms with Gasteiger partial charge in [0, 0.05) is 10.6 Å². The second-order valence-electron chi connectivity index (χ2n) is 4.37. The van der Waals surface area contributed by atoms with Gasteiger partial charge in [-0.15, -0.1) is 11.6 Å². The number of amides is 1. The zero-order valence-electron chi connectivity index (χ0n) is 9.39. The van der Waals surface area contributed by atoms with E-state index in [9.17, 15) is 4.79 Å². The highest BCUT2D eigenvalue weighted by atomic mass is 35.5. The van der Waals surface area contributed by atoms with Crippen LogP contribution >= 0.6 is 23.2 Å². The van der Waals surface area contributed by atoms with Crippen molar-refractivity contribution in [3.8, 4) is 0 Å². The summed E-state index contributed by atoms with van der Waals surface area (Å²) in [5.41, 5.74) is 0.823. The van der Waals surface area contributed by atoms with Crippen LogP contribution < -0.4 is 5.32 Å². The van der Waals surface area contributed by atoms with Crippen LogP contribution in [0.5, 0.6) is 0 Å². The molecule has 0 aliphatic heterocycles. The van der Waals surface area contributed by atoms with Crippen molar-refractivity contribution in [1.82, 2.24) is 5.32 Å². The number of alkyl halides is 1. The fourth-order valence-electron chi connectivity index (χ4n) is 1.57. The smallest absolute Gasteiger partial charge is 0.235 e. The van der Waals surface area contributed by atoms with Crippen molar-refractivity contribution in [3.63, 3.8) is 0 Å². The third-order valence-corrected chi connectivity index (χ3v) is 2.65. The van der Waals surface area contributed by atoms with Crippen molar-refractivity contribution < 1.29 is 4.79 Å². The molecule has 1 aromatic rings. The Labute approximate surface area is 106 Å². The van der Waals surface area contributed by atoms with E-state index in [1.807, 2.05) is 38.1 Å². The van der Waals surface area contributed by atoms with Crippen LogP contribution in [0.4, 0.5) is 0 Å². The topological polar surface area (TPSA) is 29.1 Å². The molecule has 0 spiro atoms. The number of benzene rings is 1. The van der Waals surface area contributed by atoms with Crippen LogP contribution in [0, 0.1) is 0 Å². The molecule has 0 aromatic heterocycles. The van der Waals surface area contributed by atoms with Crippen LogP contribution in [-0.4, -0.2) is 17.3 Å². The summed E-state index contributed by atoms with van der Waals surface area (Å²) in [6, 6.07) is 7.60. The Morgan fingerprint density at radius 3 is 2.38 bits per heavy atom. The molecule has 0 saturated heterocycles. The van der Waals surface area contributed by atoms with Crippen LogP contribution in [0.25, 0.3) is 0 Å². The first-order valence-electron chi connectivity index (χ1n) is 5.04. The maximum absolute atomic E-state index is 11.2. The number of rotatable bonds is 4. The van der Waals surface area contributed by atoms with Gasteiger partial charge in [-0.25, -0.2) is 0 Å². The minimum Gasteiger partial charge on any atom is -0.350 e. The quantitative estimate of drug-likeness (QED) is 0.828. The van der Waals surface area contributed by atoms with Crippen molar-refractivity contribution in [2.75, 3.05) is 5.88 Å². The molecule has 0 atom stereocenters. The van der Waals surface area contributed by atoms with Crippen molar-refractivity contribution in [2.24, 2.45) is 0 Å². The molecule has 1 N–H and O–H groups in total. The van der Waals surface area contributed by atoms with E-state index >= 15 is 0 Å². The highest BCUT2D eigenvalue weighted by Gasteiger charge is 2.20. The highest BCUT2D eigenvalue weighted by Crippen LogP contribution is 2.15. The minimum atomic E-state index is -0.306. The Hall–Kier alpha value is -0.730. The average Bonchev–Trinajstić information content (AvgIpc) is 2.20. The lowest BCUT2D eigenvalue weighted by atomic mass is 9.95. The molecule has 0 bridgehead atoms. The van der Waals surface area contributed by atoms with Gasteiger partial charge >= 0.3 is 0 Å². The summed E-state index contributed by atoms with van der Waals surface area (Å²) < 4.78 is 0. The zero-order valence-corrected chi connectivity index (χ0v) is 10.9. The van der Waals surface area contributed by atoms with Crippen molar-refractivity contribution >= 4 is 29.1 Å². The van der Waals surface area contributed by atoms with Gasteiger partial charge in [0.1, 0.15) is 5.88 Å². The van der Waals surface area contributed by atoms with Crippen LogP contribution in [-0.2, 0) is 11.2 Å². The number of carbonyl (C=O) groups is 1. The van der Waals surface area contributed by atoms with Gasteiger partial charge in [0.15, 0.2) is 0 Å². The minimum absolute atomic E-state index is 0.00987. The Kier molecular flexibility index (Phi) is 4.63. The molecule has 1 amide bonds. The summed E-state index contributed by atoms with van der Waals surface area (Å²) in [7, 11) is 0. The molecule has 0 aliphatic rings. The standard InChI is InChI=1S/C12H15Cl2NO/c1-12(2,15-11(16)8-13)7-9-3-5-10(14)6-4-9/h3-6H,7-8H2,1-2H3,(H,15,16). The average molecular weight is 260 g/mol. The van der Waals surface area contributed by atoms with E-state index in [-0.39, 0.29) is 17.3 Å². The van der Waals surface area contributed by atoms with Crippen molar-refractivity contribution in [2.45, 2.75) is 25.8 Å². The van der Waals surface area contributed by atoms with E-state index in [2.05, 4.69) is 5.32 Å². The maximum Gasteiger partial charge on any atom is 0.235 e. The molecule has 2 nitrogen and oxygen atoms in total. The van der Waals surface area contributed by atoms with E-state index in [4.69, 9.17) is 23.2 Å². The fraction of sp³-hybridized carbons (Fsp3) is 0.417. The van der Waals surface area contributed by atoms with Crippen molar-refractivity contribution in [3.05, 3.63) is 34.9 Å². The third-order valence-electron chi connectivity index (χ3n) is 2.16. The molecule has 4 heteroatoms. The zero-order chi connectivity index (χ0) is 12.2. The molecule has 0 radical (unpaired) electrons. The Morgan fingerprint density at radius 1 is 1.31 bits per heavy atom. The Morgan fingerprint density at radius 2 is 1.88 bits per heavy atom. The predicted octanol–water partition coefficient (Wildman–Crippen LogP) is 3.02. The molecule has 0 heterocycles. The SMILES string of the molecule is CC(C)(Cc1ccc(Cl)cc1)NC(=O)CCl. The van der Waals surface area contributed by atoms with Crippen LogP contribution in [0.1, 0.15) is 19.4 Å². The van der Waals surface area contributed by atoms with Gasteiger partial charge in [0.05, 0.1) is 0 Å². The largest absolute Gasteiger partial charge is 0.350 e. The molecule has 0 aliphatic carbocycles.